The molecule has 0 spiro atoms. The van der Waals surface area contributed by atoms with Crippen LogP contribution in [0.5, 0.6) is 0 Å². The number of rotatable bonds is 3. The number of epoxide rings is 1. The molecule has 7 atom stereocenters. The third-order valence-electron chi connectivity index (χ3n) is 8.16. The molecule has 36 heavy (non-hydrogen) atoms. The minimum Gasteiger partial charge on any atom is -0.458 e. The first-order valence-corrected chi connectivity index (χ1v) is 14.1. The van der Waals surface area contributed by atoms with E-state index >= 15 is 0 Å². The van der Waals surface area contributed by atoms with E-state index < -0.39 is 35.6 Å². The van der Waals surface area contributed by atoms with E-state index in [1.807, 2.05) is 25.3 Å². The van der Waals surface area contributed by atoms with Gasteiger partial charge in [0.2, 0.25) is 0 Å². The second-order valence-corrected chi connectivity index (χ2v) is 12.4. The summed E-state index contributed by atoms with van der Waals surface area (Å²) < 4.78 is 12.0. The van der Waals surface area contributed by atoms with Crippen molar-refractivity contribution in [1.29, 1.82) is 0 Å². The van der Waals surface area contributed by atoms with E-state index in [1.54, 1.807) is 32.1 Å². The van der Waals surface area contributed by atoms with Crippen LogP contribution in [0.1, 0.15) is 91.3 Å². The number of nitrogens with zero attached hydrogens (tertiary/aromatic N) is 1. The van der Waals surface area contributed by atoms with E-state index in [9.17, 15) is 19.8 Å². The number of aliphatic hydroxyl groups is 2. The average molecular weight is 522 g/mol. The van der Waals surface area contributed by atoms with Crippen LogP contribution in [0.3, 0.4) is 0 Å². The molecule has 1 aromatic heterocycles. The molecular weight excluding hydrogens is 478 g/mol. The zero-order valence-electron chi connectivity index (χ0n) is 22.7. The Morgan fingerprint density at radius 1 is 1.25 bits per heavy atom. The Hall–Kier alpha value is -1.61. The molecule has 0 aliphatic carbocycles. The van der Waals surface area contributed by atoms with Crippen LogP contribution >= 0.6 is 11.3 Å². The fraction of sp³-hybridized carbons (Fsp3) is 0.750. The second-order valence-electron chi connectivity index (χ2n) is 11.5. The van der Waals surface area contributed by atoms with Crippen molar-refractivity contribution in [3.63, 3.8) is 0 Å². The highest BCUT2D eigenvalue weighted by Crippen LogP contribution is 2.45. The van der Waals surface area contributed by atoms with Crippen LogP contribution in [0.25, 0.3) is 6.08 Å². The number of carbonyl (C=O) groups excluding carboxylic acids is 2. The molecule has 0 radical (unpaired) electrons. The van der Waals surface area contributed by atoms with E-state index in [-0.39, 0.29) is 29.8 Å². The Morgan fingerprint density at radius 2 is 1.94 bits per heavy atom. The summed E-state index contributed by atoms with van der Waals surface area (Å²) in [5.74, 6) is -1.54. The maximum atomic E-state index is 13.2. The van der Waals surface area contributed by atoms with Crippen LogP contribution in [-0.4, -0.2) is 57.0 Å². The maximum Gasteiger partial charge on any atom is 0.309 e. The maximum absolute atomic E-state index is 13.2. The fourth-order valence-electron chi connectivity index (χ4n) is 5.17. The Balaban J connectivity index is 1.85. The van der Waals surface area contributed by atoms with Crippen molar-refractivity contribution >= 4 is 29.2 Å². The van der Waals surface area contributed by atoms with E-state index in [1.165, 1.54) is 0 Å². The number of aromatic nitrogens is 1. The zero-order chi connectivity index (χ0) is 26.8. The minimum absolute atomic E-state index is 0.0460. The highest BCUT2D eigenvalue weighted by molar-refractivity contribution is 7.09. The molecular formula is C28H43NO6S. The summed E-state index contributed by atoms with van der Waals surface area (Å²) in [6.45, 7) is 13.0. The van der Waals surface area contributed by atoms with Crippen LogP contribution in [0.2, 0.25) is 0 Å². The molecule has 1 aromatic rings. The molecule has 2 aliphatic rings. The van der Waals surface area contributed by atoms with Crippen molar-refractivity contribution in [1.82, 2.24) is 4.98 Å². The van der Waals surface area contributed by atoms with Crippen LogP contribution in [0, 0.1) is 17.3 Å². The SMILES string of the molecule is CCc1nc(/C=C(\C)[C@H]2C[C@H]3O[C@@]3(C)CCC[C@@H](C)[C@@H](O)[C@H](C)C(=O)C(C)(C)C(O)CC(=O)O2)cs1. The lowest BCUT2D eigenvalue weighted by molar-refractivity contribution is -0.154. The van der Waals surface area contributed by atoms with Crippen molar-refractivity contribution in [2.24, 2.45) is 17.3 Å². The Bertz CT molecular complexity index is 971. The summed E-state index contributed by atoms with van der Waals surface area (Å²) in [5, 5.41) is 24.8. The lowest BCUT2D eigenvalue weighted by Gasteiger charge is -2.34. The number of fused-ring (bicyclic) bond motifs is 1. The molecule has 1 unspecified atom stereocenters. The van der Waals surface area contributed by atoms with Gasteiger partial charge in [-0.15, -0.1) is 11.3 Å². The number of hydrogen-bond acceptors (Lipinski definition) is 8. The molecule has 0 amide bonds. The summed E-state index contributed by atoms with van der Waals surface area (Å²) in [6, 6.07) is 0. The van der Waals surface area contributed by atoms with Gasteiger partial charge in [0.1, 0.15) is 11.9 Å². The van der Waals surface area contributed by atoms with Gasteiger partial charge in [0, 0.05) is 17.7 Å². The van der Waals surface area contributed by atoms with Crippen molar-refractivity contribution in [3.8, 4) is 0 Å². The first-order valence-electron chi connectivity index (χ1n) is 13.2. The van der Waals surface area contributed by atoms with Gasteiger partial charge in [0.05, 0.1) is 46.5 Å². The number of aliphatic hydroxyl groups excluding tert-OH is 2. The van der Waals surface area contributed by atoms with Crippen molar-refractivity contribution in [2.45, 2.75) is 117 Å². The number of aryl methyl sites for hydroxylation is 1. The molecule has 3 rings (SSSR count). The Morgan fingerprint density at radius 3 is 2.58 bits per heavy atom. The predicted molar refractivity (Wildman–Crippen MR) is 141 cm³/mol. The van der Waals surface area contributed by atoms with Crippen LogP contribution in [0.4, 0.5) is 0 Å². The second kappa shape index (κ2) is 11.4. The third kappa shape index (κ3) is 6.63. The van der Waals surface area contributed by atoms with E-state index in [2.05, 4.69) is 18.8 Å². The van der Waals surface area contributed by atoms with Gasteiger partial charge in [-0.25, -0.2) is 4.98 Å². The fourth-order valence-corrected chi connectivity index (χ4v) is 5.88. The molecule has 0 aromatic carbocycles. The molecule has 2 aliphatic heterocycles. The summed E-state index contributed by atoms with van der Waals surface area (Å²) in [4.78, 5) is 30.8. The number of thiazole rings is 1. The van der Waals surface area contributed by atoms with Gasteiger partial charge in [0.25, 0.3) is 0 Å². The largest absolute Gasteiger partial charge is 0.458 e. The van der Waals surface area contributed by atoms with E-state index in [0.717, 1.165) is 42.0 Å². The summed E-state index contributed by atoms with van der Waals surface area (Å²) in [7, 11) is 0. The van der Waals surface area contributed by atoms with E-state index in [0.29, 0.717) is 6.42 Å². The smallest absolute Gasteiger partial charge is 0.309 e. The van der Waals surface area contributed by atoms with Gasteiger partial charge in [-0.1, -0.05) is 41.0 Å². The lowest BCUT2D eigenvalue weighted by Crippen LogP contribution is -2.45. The van der Waals surface area contributed by atoms with Crippen molar-refractivity contribution < 1.29 is 29.3 Å². The minimum atomic E-state index is -1.23. The van der Waals surface area contributed by atoms with Crippen LogP contribution in [0.15, 0.2) is 11.0 Å². The molecule has 2 N–H and O–H groups in total. The molecule has 8 heteroatoms. The highest BCUT2D eigenvalue weighted by Gasteiger charge is 2.53. The Kier molecular flexibility index (Phi) is 9.18. The van der Waals surface area contributed by atoms with Gasteiger partial charge < -0.3 is 19.7 Å². The van der Waals surface area contributed by atoms with Crippen LogP contribution in [-0.2, 0) is 25.5 Å². The van der Waals surface area contributed by atoms with Gasteiger partial charge in [-0.05, 0) is 50.7 Å². The monoisotopic (exact) mass is 521 g/mol. The summed E-state index contributed by atoms with van der Waals surface area (Å²) in [5.41, 5.74) is 0.202. The van der Waals surface area contributed by atoms with E-state index in [4.69, 9.17) is 9.47 Å². The molecule has 0 saturated carbocycles. The number of carbonyl (C=O) groups is 2. The highest BCUT2D eigenvalue weighted by atomic mass is 32.1. The van der Waals surface area contributed by atoms with Gasteiger partial charge in [-0.2, -0.15) is 0 Å². The Labute approximate surface area is 219 Å². The molecule has 2 fully saturated rings. The van der Waals surface area contributed by atoms with Crippen molar-refractivity contribution in [2.75, 3.05) is 0 Å². The summed E-state index contributed by atoms with van der Waals surface area (Å²) in [6.07, 6.45) is 2.87. The first-order chi connectivity index (χ1) is 16.8. The standard InChI is InChI=1S/C28H43NO6S/c1-8-23-29-19(15-36-23)12-17(3)20-13-22-28(7,35-22)11-9-10-16(2)25(32)18(4)26(33)27(5,6)21(30)14-24(31)34-20/h12,15-16,18,20-22,25,30,32H,8-11,13-14H2,1-7H3/b17-12+/t16-,18+,20-,21?,22-,25-,28+/m1/s1. The molecule has 2 saturated heterocycles. The number of hydrogen-bond donors (Lipinski definition) is 2. The number of Topliss-reactive ketones (excluding diaryl/α,β-unsaturated/α-hetero) is 1. The molecule has 0 bridgehead atoms. The van der Waals surface area contributed by atoms with Crippen molar-refractivity contribution in [3.05, 3.63) is 21.7 Å². The number of ketones is 1. The third-order valence-corrected chi connectivity index (χ3v) is 9.17. The number of ether oxygens (including phenoxy) is 2. The molecule has 7 nitrogen and oxygen atoms in total. The molecule has 202 valence electrons. The number of cyclic esters (lactones) is 1. The van der Waals surface area contributed by atoms with Gasteiger partial charge in [-0.3, -0.25) is 9.59 Å². The summed E-state index contributed by atoms with van der Waals surface area (Å²) >= 11 is 1.60. The number of esters is 1. The topological polar surface area (TPSA) is 109 Å². The van der Waals surface area contributed by atoms with Gasteiger partial charge in [0.15, 0.2) is 0 Å². The predicted octanol–water partition coefficient (Wildman–Crippen LogP) is 4.73. The van der Waals surface area contributed by atoms with Crippen LogP contribution < -0.4 is 0 Å². The molecule has 3 heterocycles. The average Bonchev–Trinajstić information content (AvgIpc) is 3.23. The zero-order valence-corrected chi connectivity index (χ0v) is 23.6. The first kappa shape index (κ1) is 29.0. The van der Waals surface area contributed by atoms with Gasteiger partial charge >= 0.3 is 5.97 Å². The lowest BCUT2D eigenvalue weighted by atomic mass is 9.73. The quantitative estimate of drug-likeness (QED) is 0.437. The normalized spacial score (nSPS) is 36.8.